The first-order valence-electron chi connectivity index (χ1n) is 8.03. The predicted molar refractivity (Wildman–Crippen MR) is 104 cm³/mol. The number of aryl methyl sites for hydroxylation is 1. The van der Waals surface area contributed by atoms with Crippen LogP contribution in [-0.4, -0.2) is 11.8 Å². The van der Waals surface area contributed by atoms with Crippen LogP contribution in [0.15, 0.2) is 60.7 Å². The number of hydrogen-bond acceptors (Lipinski definition) is 4. The van der Waals surface area contributed by atoms with Crippen LogP contribution in [0.5, 0.6) is 11.5 Å². The van der Waals surface area contributed by atoms with E-state index in [1.165, 1.54) is 23.8 Å². The van der Waals surface area contributed by atoms with E-state index in [9.17, 15) is 9.59 Å². The Morgan fingerprint density at radius 1 is 0.846 bits per heavy atom. The highest BCUT2D eigenvalue weighted by molar-refractivity contribution is 7.18. The van der Waals surface area contributed by atoms with Crippen LogP contribution >= 0.6 is 11.3 Å². The molecule has 0 aliphatic carbocycles. The van der Waals surface area contributed by atoms with Crippen molar-refractivity contribution in [3.05, 3.63) is 71.1 Å². The zero-order chi connectivity index (χ0) is 18.5. The fourth-order valence-corrected chi connectivity index (χ4v) is 3.09. The van der Waals surface area contributed by atoms with Crippen molar-refractivity contribution in [1.29, 1.82) is 0 Å². The molecule has 1 heterocycles. The summed E-state index contributed by atoms with van der Waals surface area (Å²) in [4.78, 5) is 23.8. The molecule has 0 atom stereocenters. The molecule has 26 heavy (non-hydrogen) atoms. The maximum atomic E-state index is 12.3. The maximum Gasteiger partial charge on any atom is 0.265 e. The smallest absolute Gasteiger partial charge is 0.265 e. The molecule has 0 aliphatic rings. The largest absolute Gasteiger partial charge is 0.457 e. The molecule has 2 amide bonds. The van der Waals surface area contributed by atoms with E-state index >= 15 is 0 Å². The molecule has 0 saturated carbocycles. The summed E-state index contributed by atoms with van der Waals surface area (Å²) < 4.78 is 5.77. The SMILES string of the molecule is CC(=O)Nc1ccc(C(=O)Nc2ccc(Oc3ccc(C)cc3)cc2)s1. The molecule has 2 N–H and O–H groups in total. The third-order valence-corrected chi connectivity index (χ3v) is 4.50. The Kier molecular flexibility index (Phi) is 5.34. The van der Waals surface area contributed by atoms with Gasteiger partial charge >= 0.3 is 0 Å². The van der Waals surface area contributed by atoms with Gasteiger partial charge in [-0.2, -0.15) is 0 Å². The molecule has 3 rings (SSSR count). The predicted octanol–water partition coefficient (Wildman–Crippen LogP) is 5.06. The van der Waals surface area contributed by atoms with E-state index in [0.717, 1.165) is 5.75 Å². The van der Waals surface area contributed by atoms with Crippen LogP contribution in [0.4, 0.5) is 10.7 Å². The molecule has 6 heteroatoms. The molecule has 2 aromatic carbocycles. The van der Waals surface area contributed by atoms with E-state index < -0.39 is 0 Å². The van der Waals surface area contributed by atoms with Crippen molar-refractivity contribution >= 4 is 33.8 Å². The zero-order valence-corrected chi connectivity index (χ0v) is 15.2. The van der Waals surface area contributed by atoms with E-state index in [4.69, 9.17) is 4.74 Å². The number of carbonyl (C=O) groups excluding carboxylic acids is 2. The monoisotopic (exact) mass is 366 g/mol. The average molecular weight is 366 g/mol. The zero-order valence-electron chi connectivity index (χ0n) is 14.4. The van der Waals surface area contributed by atoms with Gasteiger partial charge < -0.3 is 15.4 Å². The molecule has 0 bridgehead atoms. The number of nitrogens with one attached hydrogen (secondary N) is 2. The van der Waals surface area contributed by atoms with E-state index in [-0.39, 0.29) is 11.8 Å². The highest BCUT2D eigenvalue weighted by Crippen LogP contribution is 2.25. The first kappa shape index (κ1) is 17.7. The summed E-state index contributed by atoms with van der Waals surface area (Å²) in [6.07, 6.45) is 0. The van der Waals surface area contributed by atoms with Crippen molar-refractivity contribution in [3.8, 4) is 11.5 Å². The quantitative estimate of drug-likeness (QED) is 0.663. The fraction of sp³-hybridized carbons (Fsp3) is 0.100. The van der Waals surface area contributed by atoms with Crippen LogP contribution in [0.3, 0.4) is 0 Å². The maximum absolute atomic E-state index is 12.3. The summed E-state index contributed by atoms with van der Waals surface area (Å²) in [5.74, 6) is 1.06. The van der Waals surface area contributed by atoms with Gasteiger partial charge in [-0.15, -0.1) is 11.3 Å². The van der Waals surface area contributed by atoms with Crippen LogP contribution in [0.25, 0.3) is 0 Å². The molecule has 5 nitrogen and oxygen atoms in total. The average Bonchev–Trinajstić information content (AvgIpc) is 3.06. The summed E-state index contributed by atoms with van der Waals surface area (Å²) in [5.41, 5.74) is 1.84. The van der Waals surface area contributed by atoms with Crippen molar-refractivity contribution in [2.75, 3.05) is 10.6 Å². The minimum absolute atomic E-state index is 0.164. The number of anilines is 2. The van der Waals surface area contributed by atoms with Crippen molar-refractivity contribution < 1.29 is 14.3 Å². The van der Waals surface area contributed by atoms with Gasteiger partial charge in [0.1, 0.15) is 11.5 Å². The Morgan fingerprint density at radius 2 is 1.46 bits per heavy atom. The highest BCUT2D eigenvalue weighted by atomic mass is 32.1. The van der Waals surface area contributed by atoms with Gasteiger partial charge in [0.25, 0.3) is 5.91 Å². The summed E-state index contributed by atoms with van der Waals surface area (Å²) in [7, 11) is 0. The van der Waals surface area contributed by atoms with E-state index in [1.54, 1.807) is 36.4 Å². The van der Waals surface area contributed by atoms with Gasteiger partial charge in [-0.05, 0) is 55.5 Å². The van der Waals surface area contributed by atoms with E-state index in [0.29, 0.717) is 21.3 Å². The molecule has 0 radical (unpaired) electrons. The standard InChI is InChI=1S/C20H18N2O3S/c1-13-3-7-16(8-4-13)25-17-9-5-15(6-10-17)22-20(24)18-11-12-19(26-18)21-14(2)23/h3-12H,1-2H3,(H,21,23)(H,22,24). The van der Waals surface area contributed by atoms with Crippen molar-refractivity contribution in [2.24, 2.45) is 0 Å². The Labute approximate surface area is 155 Å². The second kappa shape index (κ2) is 7.84. The highest BCUT2D eigenvalue weighted by Gasteiger charge is 2.10. The molecule has 0 spiro atoms. The Bertz CT molecular complexity index is 915. The molecule has 1 aromatic heterocycles. The summed E-state index contributed by atoms with van der Waals surface area (Å²) in [6, 6.07) is 18.3. The van der Waals surface area contributed by atoms with Crippen LogP contribution in [0, 0.1) is 6.92 Å². The van der Waals surface area contributed by atoms with Gasteiger partial charge in [-0.25, -0.2) is 0 Å². The molecule has 0 unspecified atom stereocenters. The van der Waals surface area contributed by atoms with Crippen LogP contribution < -0.4 is 15.4 Å². The number of carbonyl (C=O) groups is 2. The number of thiophene rings is 1. The van der Waals surface area contributed by atoms with Crippen molar-refractivity contribution in [3.63, 3.8) is 0 Å². The lowest BCUT2D eigenvalue weighted by atomic mass is 10.2. The van der Waals surface area contributed by atoms with Gasteiger partial charge in [-0.1, -0.05) is 17.7 Å². The Hall–Kier alpha value is -3.12. The minimum atomic E-state index is -0.223. The van der Waals surface area contributed by atoms with E-state index in [2.05, 4.69) is 10.6 Å². The number of amides is 2. The first-order chi connectivity index (χ1) is 12.5. The minimum Gasteiger partial charge on any atom is -0.457 e. The summed E-state index contributed by atoms with van der Waals surface area (Å²) >= 11 is 1.23. The molecular weight excluding hydrogens is 348 g/mol. The topological polar surface area (TPSA) is 67.4 Å². The van der Waals surface area contributed by atoms with Gasteiger partial charge in [-0.3, -0.25) is 9.59 Å². The van der Waals surface area contributed by atoms with Crippen molar-refractivity contribution in [1.82, 2.24) is 0 Å². The van der Waals surface area contributed by atoms with Gasteiger partial charge in [0.15, 0.2) is 0 Å². The third-order valence-electron chi connectivity index (χ3n) is 3.50. The summed E-state index contributed by atoms with van der Waals surface area (Å²) in [5, 5.41) is 6.13. The molecule has 0 saturated heterocycles. The number of hydrogen-bond donors (Lipinski definition) is 2. The van der Waals surface area contributed by atoms with Gasteiger partial charge in [0, 0.05) is 12.6 Å². The fourth-order valence-electron chi connectivity index (χ4n) is 2.24. The second-order valence-electron chi connectivity index (χ2n) is 5.74. The molecular formula is C20H18N2O3S. The van der Waals surface area contributed by atoms with E-state index in [1.807, 2.05) is 31.2 Å². The van der Waals surface area contributed by atoms with Crippen LogP contribution in [0.2, 0.25) is 0 Å². The van der Waals surface area contributed by atoms with Gasteiger partial charge in [0.2, 0.25) is 5.91 Å². The molecule has 3 aromatic rings. The van der Waals surface area contributed by atoms with Gasteiger partial charge in [0.05, 0.1) is 9.88 Å². The molecule has 0 fully saturated rings. The Morgan fingerprint density at radius 3 is 2.08 bits per heavy atom. The molecule has 0 aliphatic heterocycles. The number of rotatable bonds is 5. The number of benzene rings is 2. The van der Waals surface area contributed by atoms with Crippen molar-refractivity contribution in [2.45, 2.75) is 13.8 Å². The second-order valence-corrected chi connectivity index (χ2v) is 6.82. The van der Waals surface area contributed by atoms with Crippen LogP contribution in [0.1, 0.15) is 22.2 Å². The number of ether oxygens (including phenoxy) is 1. The Balaban J connectivity index is 1.61. The lowest BCUT2D eigenvalue weighted by Gasteiger charge is -2.08. The lowest BCUT2D eigenvalue weighted by molar-refractivity contribution is -0.114. The lowest BCUT2D eigenvalue weighted by Crippen LogP contribution is -2.09. The van der Waals surface area contributed by atoms with Crippen LogP contribution in [-0.2, 0) is 4.79 Å². The first-order valence-corrected chi connectivity index (χ1v) is 8.84. The third kappa shape index (κ3) is 4.70. The normalized spacial score (nSPS) is 10.2. The molecule has 132 valence electrons. The summed E-state index contributed by atoms with van der Waals surface area (Å²) in [6.45, 7) is 3.45.